The Morgan fingerprint density at radius 1 is 0.333 bits per heavy atom. The molecule has 1 nitrogen and oxygen atoms in total. The third-order valence-electron chi connectivity index (χ3n) is 8.89. The molecule has 0 heterocycles. The highest BCUT2D eigenvalue weighted by atomic mass is 15.1. The molecule has 0 aromatic heterocycles. The normalized spacial score (nSPS) is 14.7. The van der Waals surface area contributed by atoms with Crippen LogP contribution in [0.5, 0.6) is 0 Å². The summed E-state index contributed by atoms with van der Waals surface area (Å²) in [5.74, 6) is 0. The molecule has 0 fully saturated rings. The Kier molecular flexibility index (Phi) is 5.08. The van der Waals surface area contributed by atoms with E-state index in [0.717, 1.165) is 43.8 Å². The molecule has 51 heavy (non-hydrogen) atoms. The van der Waals surface area contributed by atoms with E-state index in [0.29, 0.717) is 5.56 Å². The number of benzene rings is 9. The Balaban J connectivity index is 1.31. The predicted molar refractivity (Wildman–Crippen MR) is 218 cm³/mol. The zero-order chi connectivity index (χ0) is 45.3. The summed E-state index contributed by atoms with van der Waals surface area (Å²) in [5, 5.41) is 3.72. The molecule has 0 saturated carbocycles. The number of fused-ring (bicyclic) bond motifs is 2. The van der Waals surface area contributed by atoms with Gasteiger partial charge < -0.3 is 4.90 Å². The molecule has 0 amide bonds. The first-order valence-electron chi connectivity index (χ1n) is 23.0. The number of rotatable bonds is 7. The SMILES string of the molecule is [2H]c1c([2H])c([2H])c(-c2c([2H])c([2H])c(N(c3ccc(-c4c(-c5ccccc5)ccc5ccccc45)cc3)c3c([2H])c([2H])c(-c4ccc5ccccc5c4)c([2H])c3[2H])c([2H])c2[2H])c([2H])c1[2H]. The van der Waals surface area contributed by atoms with Crippen molar-refractivity contribution in [1.29, 1.82) is 0 Å². The zero-order valence-corrected chi connectivity index (χ0v) is 27.1. The van der Waals surface area contributed by atoms with Crippen molar-refractivity contribution in [2.75, 3.05) is 4.90 Å². The minimum Gasteiger partial charge on any atom is -0.311 e. The largest absolute Gasteiger partial charge is 0.311 e. The highest BCUT2D eigenvalue weighted by Crippen LogP contribution is 2.41. The van der Waals surface area contributed by atoms with Crippen molar-refractivity contribution in [2.24, 2.45) is 0 Å². The number of hydrogen-bond donors (Lipinski definition) is 0. The van der Waals surface area contributed by atoms with Gasteiger partial charge in [-0.1, -0.05) is 170 Å². The molecule has 9 aromatic carbocycles. The van der Waals surface area contributed by atoms with Crippen LogP contribution in [0.3, 0.4) is 0 Å². The van der Waals surface area contributed by atoms with Gasteiger partial charge in [0.2, 0.25) is 0 Å². The van der Waals surface area contributed by atoms with E-state index in [1.807, 2.05) is 97.1 Å². The van der Waals surface area contributed by atoms with Crippen LogP contribution in [0.15, 0.2) is 212 Å². The molecule has 9 aromatic rings. The van der Waals surface area contributed by atoms with Crippen molar-refractivity contribution in [2.45, 2.75) is 0 Å². The molecule has 0 radical (unpaired) electrons. The second kappa shape index (κ2) is 13.3. The maximum Gasteiger partial charge on any atom is 0.0645 e. The van der Waals surface area contributed by atoms with Gasteiger partial charge in [0.05, 0.1) is 17.8 Å². The van der Waals surface area contributed by atoms with Gasteiger partial charge in [0.15, 0.2) is 0 Å². The second-order valence-electron chi connectivity index (χ2n) is 12.0. The van der Waals surface area contributed by atoms with E-state index < -0.39 is 95.4 Å². The van der Waals surface area contributed by atoms with Crippen molar-refractivity contribution in [3.63, 3.8) is 0 Å². The van der Waals surface area contributed by atoms with Gasteiger partial charge in [-0.2, -0.15) is 0 Å². The molecule has 0 saturated heterocycles. The van der Waals surface area contributed by atoms with E-state index in [1.54, 1.807) is 24.3 Å². The maximum absolute atomic E-state index is 9.50. The lowest BCUT2D eigenvalue weighted by Crippen LogP contribution is -2.09. The summed E-state index contributed by atoms with van der Waals surface area (Å²) in [7, 11) is 0. The zero-order valence-electron chi connectivity index (χ0n) is 40.1. The summed E-state index contributed by atoms with van der Waals surface area (Å²) in [6.07, 6.45) is 0. The van der Waals surface area contributed by atoms with Gasteiger partial charge in [-0.05, 0) is 108 Å². The van der Waals surface area contributed by atoms with E-state index in [-0.39, 0.29) is 16.9 Å². The first-order chi connectivity index (χ1) is 30.7. The Morgan fingerprint density at radius 2 is 0.882 bits per heavy atom. The van der Waals surface area contributed by atoms with Crippen molar-refractivity contribution in [1.82, 2.24) is 0 Å². The summed E-state index contributed by atoms with van der Waals surface area (Å²) >= 11 is 0. The van der Waals surface area contributed by atoms with Crippen LogP contribution in [-0.4, -0.2) is 0 Å². The lowest BCUT2D eigenvalue weighted by Gasteiger charge is -2.26. The number of anilines is 3. The van der Waals surface area contributed by atoms with E-state index in [4.69, 9.17) is 6.85 Å². The molecule has 240 valence electrons. The van der Waals surface area contributed by atoms with Crippen molar-refractivity contribution in [3.8, 4) is 44.5 Å². The maximum atomic E-state index is 9.50. The van der Waals surface area contributed by atoms with Crippen molar-refractivity contribution < 1.29 is 17.8 Å². The van der Waals surface area contributed by atoms with Crippen LogP contribution < -0.4 is 4.90 Å². The number of hydrogen-bond acceptors (Lipinski definition) is 1. The molecule has 0 aliphatic heterocycles. The first-order valence-corrected chi connectivity index (χ1v) is 16.5. The third-order valence-corrected chi connectivity index (χ3v) is 8.89. The first kappa shape index (κ1) is 19.5. The minimum absolute atomic E-state index is 0.0280. The fourth-order valence-corrected chi connectivity index (χ4v) is 6.41. The van der Waals surface area contributed by atoms with Crippen LogP contribution in [0.25, 0.3) is 66.1 Å². The monoisotopic (exact) mass is 662 g/mol. The molecule has 0 unspecified atom stereocenters. The molecule has 1 heteroatoms. The minimum atomic E-state index is -0.734. The Morgan fingerprint density at radius 3 is 1.59 bits per heavy atom. The molecule has 0 aliphatic rings. The van der Waals surface area contributed by atoms with Crippen LogP contribution >= 0.6 is 0 Å². The summed E-state index contributed by atoms with van der Waals surface area (Å²) < 4.78 is 117. The average molecular weight is 663 g/mol. The second-order valence-corrected chi connectivity index (χ2v) is 12.0. The molecule has 0 atom stereocenters. The summed E-state index contributed by atoms with van der Waals surface area (Å²) in [5.41, 5.74) is 2.45. The fourth-order valence-electron chi connectivity index (χ4n) is 6.41. The number of nitrogens with zero attached hydrogens (tertiary/aromatic N) is 1. The molecule has 9 rings (SSSR count). The smallest absolute Gasteiger partial charge is 0.0645 e. The van der Waals surface area contributed by atoms with Gasteiger partial charge in [-0.3, -0.25) is 0 Å². The van der Waals surface area contributed by atoms with Gasteiger partial charge >= 0.3 is 0 Å². The standard InChI is InChI=1S/C50H35N/c1-3-11-36(12-4-1)38-21-28-45(29-22-38)51(46-30-23-39(24-31-46)44-20-19-37-13-7-8-17-43(37)35-44)47-32-25-42(26-33-47)50-48-18-10-9-16-41(48)27-34-49(50)40-14-5-2-6-15-40/h1-35H/i1D,3D,4D,11D,12D,21D,22D,23D,24D,28D,29D,30D,31D. The Bertz CT molecular complexity index is 3280. The van der Waals surface area contributed by atoms with Gasteiger partial charge in [0.25, 0.3) is 0 Å². The third kappa shape index (κ3) is 5.96. The molecule has 0 aliphatic carbocycles. The quantitative estimate of drug-likeness (QED) is 0.164. The molecular weight excluding hydrogens is 615 g/mol. The van der Waals surface area contributed by atoms with Crippen molar-refractivity contribution >= 4 is 38.6 Å². The van der Waals surface area contributed by atoms with Crippen LogP contribution in [0, 0.1) is 0 Å². The van der Waals surface area contributed by atoms with Crippen LogP contribution in [0.4, 0.5) is 17.1 Å². The Hall–Kier alpha value is -6.70. The highest BCUT2D eigenvalue weighted by Gasteiger charge is 2.16. The van der Waals surface area contributed by atoms with Gasteiger partial charge in [-0.15, -0.1) is 0 Å². The van der Waals surface area contributed by atoms with Gasteiger partial charge in [0, 0.05) is 17.1 Å². The van der Waals surface area contributed by atoms with E-state index >= 15 is 0 Å². The van der Waals surface area contributed by atoms with Crippen LogP contribution in [-0.2, 0) is 0 Å². The summed E-state index contributed by atoms with van der Waals surface area (Å²) in [4.78, 5) is 1.18. The highest BCUT2D eigenvalue weighted by molar-refractivity contribution is 6.04. The fraction of sp³-hybridized carbons (Fsp3) is 0. The van der Waals surface area contributed by atoms with E-state index in [2.05, 4.69) is 12.1 Å². The van der Waals surface area contributed by atoms with Gasteiger partial charge in [0.1, 0.15) is 0 Å². The summed E-state index contributed by atoms with van der Waals surface area (Å²) in [6, 6.07) is 33.6. The van der Waals surface area contributed by atoms with E-state index in [9.17, 15) is 11.0 Å². The topological polar surface area (TPSA) is 3.24 Å². The molecule has 0 bridgehead atoms. The van der Waals surface area contributed by atoms with E-state index in [1.165, 1.54) is 4.90 Å². The average Bonchev–Trinajstić information content (AvgIpc) is 3.32. The van der Waals surface area contributed by atoms with Crippen molar-refractivity contribution in [3.05, 3.63) is 212 Å². The van der Waals surface area contributed by atoms with Crippen LogP contribution in [0.1, 0.15) is 17.8 Å². The lowest BCUT2D eigenvalue weighted by atomic mass is 9.89. The predicted octanol–water partition coefficient (Wildman–Crippen LogP) is 14.1. The molecule has 0 spiro atoms. The van der Waals surface area contributed by atoms with Crippen LogP contribution in [0.2, 0.25) is 0 Å². The molecular formula is C50H35N. The van der Waals surface area contributed by atoms with Gasteiger partial charge in [-0.25, -0.2) is 0 Å². The Labute approximate surface area is 317 Å². The summed E-state index contributed by atoms with van der Waals surface area (Å²) in [6.45, 7) is 0. The lowest BCUT2D eigenvalue weighted by molar-refractivity contribution is 1.28. The molecule has 0 N–H and O–H groups in total.